The molecule has 1 aliphatic rings. The van der Waals surface area contributed by atoms with E-state index in [0.717, 1.165) is 31.5 Å². The number of aromatic nitrogens is 2. The number of hydrogen-bond donors (Lipinski definition) is 1. The standard InChI is InChI=1S/C15H16ClN3O/c16-14-12(9-20)15(18-10-17-14)19-8-4-3-6-11-5-1-2-7-13(11)19/h1-2,5,7,10,20H,3-4,6,8-9H2. The molecular weight excluding hydrogens is 274 g/mol. The molecule has 0 fully saturated rings. The number of rotatable bonds is 2. The second kappa shape index (κ2) is 5.77. The molecule has 0 radical (unpaired) electrons. The van der Waals surface area contributed by atoms with E-state index in [-0.39, 0.29) is 6.61 Å². The summed E-state index contributed by atoms with van der Waals surface area (Å²) in [5, 5.41) is 9.88. The fourth-order valence-corrected chi connectivity index (χ4v) is 2.85. The maximum atomic E-state index is 9.56. The van der Waals surface area contributed by atoms with Crippen molar-refractivity contribution in [1.29, 1.82) is 0 Å². The van der Waals surface area contributed by atoms with Crippen LogP contribution in [-0.4, -0.2) is 21.6 Å². The second-order valence-corrected chi connectivity index (χ2v) is 5.22. The first-order chi connectivity index (χ1) is 9.81. The van der Waals surface area contributed by atoms with E-state index in [2.05, 4.69) is 33.1 Å². The molecule has 0 spiro atoms. The van der Waals surface area contributed by atoms with Gasteiger partial charge < -0.3 is 10.0 Å². The van der Waals surface area contributed by atoms with Gasteiger partial charge in [-0.3, -0.25) is 0 Å². The predicted molar refractivity (Wildman–Crippen MR) is 79.4 cm³/mol. The Kier molecular flexibility index (Phi) is 3.85. The molecule has 4 nitrogen and oxygen atoms in total. The summed E-state index contributed by atoms with van der Waals surface area (Å²) in [7, 11) is 0. The number of halogens is 1. The van der Waals surface area contributed by atoms with Gasteiger partial charge in [-0.25, -0.2) is 9.97 Å². The van der Waals surface area contributed by atoms with Gasteiger partial charge in [-0.15, -0.1) is 0 Å². The first-order valence-electron chi connectivity index (χ1n) is 6.77. The van der Waals surface area contributed by atoms with Gasteiger partial charge in [0, 0.05) is 12.2 Å². The minimum absolute atomic E-state index is 0.159. The number of aliphatic hydroxyl groups is 1. The van der Waals surface area contributed by atoms with Crippen molar-refractivity contribution in [2.45, 2.75) is 25.9 Å². The highest BCUT2D eigenvalue weighted by Crippen LogP contribution is 2.34. The van der Waals surface area contributed by atoms with E-state index in [0.29, 0.717) is 16.5 Å². The van der Waals surface area contributed by atoms with E-state index in [1.165, 1.54) is 11.9 Å². The Morgan fingerprint density at radius 2 is 2.05 bits per heavy atom. The fourth-order valence-electron chi connectivity index (χ4n) is 2.66. The summed E-state index contributed by atoms with van der Waals surface area (Å²) in [5.74, 6) is 0.710. The molecule has 0 amide bonds. The summed E-state index contributed by atoms with van der Waals surface area (Å²) in [6.07, 6.45) is 4.76. The summed E-state index contributed by atoms with van der Waals surface area (Å²) >= 11 is 6.08. The highest BCUT2D eigenvalue weighted by atomic mass is 35.5. The van der Waals surface area contributed by atoms with Gasteiger partial charge in [0.05, 0.1) is 12.2 Å². The molecule has 0 saturated heterocycles. The Morgan fingerprint density at radius 1 is 1.20 bits per heavy atom. The van der Waals surface area contributed by atoms with Gasteiger partial charge in [-0.05, 0) is 30.9 Å². The molecule has 104 valence electrons. The minimum Gasteiger partial charge on any atom is -0.391 e. The van der Waals surface area contributed by atoms with Crippen LogP contribution in [0.2, 0.25) is 5.15 Å². The molecule has 2 aromatic rings. The molecule has 2 heterocycles. The van der Waals surface area contributed by atoms with Crippen molar-refractivity contribution in [1.82, 2.24) is 9.97 Å². The first-order valence-corrected chi connectivity index (χ1v) is 7.14. The van der Waals surface area contributed by atoms with Crippen LogP contribution in [0.25, 0.3) is 0 Å². The third-order valence-electron chi connectivity index (χ3n) is 3.64. The Labute approximate surface area is 123 Å². The van der Waals surface area contributed by atoms with Crippen LogP contribution in [0.3, 0.4) is 0 Å². The zero-order valence-corrected chi connectivity index (χ0v) is 11.8. The highest BCUT2D eigenvalue weighted by molar-refractivity contribution is 6.30. The van der Waals surface area contributed by atoms with E-state index in [4.69, 9.17) is 11.6 Å². The number of anilines is 2. The monoisotopic (exact) mass is 289 g/mol. The molecule has 1 N–H and O–H groups in total. The Hall–Kier alpha value is -1.65. The van der Waals surface area contributed by atoms with Crippen LogP contribution in [0.1, 0.15) is 24.0 Å². The van der Waals surface area contributed by atoms with E-state index >= 15 is 0 Å². The number of benzene rings is 1. The average Bonchev–Trinajstić information content (AvgIpc) is 2.69. The number of nitrogens with zero attached hydrogens (tertiary/aromatic N) is 3. The normalized spacial score (nSPS) is 14.8. The molecule has 0 saturated carbocycles. The molecule has 20 heavy (non-hydrogen) atoms. The molecule has 0 unspecified atom stereocenters. The molecular formula is C15H16ClN3O. The van der Waals surface area contributed by atoms with Crippen molar-refractivity contribution in [2.75, 3.05) is 11.4 Å². The van der Waals surface area contributed by atoms with Gasteiger partial charge in [-0.1, -0.05) is 29.8 Å². The maximum absolute atomic E-state index is 9.56. The SMILES string of the molecule is OCc1c(Cl)ncnc1N1CCCCc2ccccc21. The molecule has 0 atom stereocenters. The van der Waals surface area contributed by atoms with E-state index in [9.17, 15) is 5.11 Å². The molecule has 1 aliphatic heterocycles. The van der Waals surface area contributed by atoms with Crippen LogP contribution in [0.4, 0.5) is 11.5 Å². The third-order valence-corrected chi connectivity index (χ3v) is 3.97. The minimum atomic E-state index is -0.159. The zero-order valence-electron chi connectivity index (χ0n) is 11.1. The smallest absolute Gasteiger partial charge is 0.143 e. The lowest BCUT2D eigenvalue weighted by Gasteiger charge is -2.25. The summed E-state index contributed by atoms with van der Waals surface area (Å²) in [4.78, 5) is 10.4. The van der Waals surface area contributed by atoms with Crippen LogP contribution in [0, 0.1) is 0 Å². The van der Waals surface area contributed by atoms with Crippen molar-refractivity contribution in [3.05, 3.63) is 46.9 Å². The summed E-state index contributed by atoms with van der Waals surface area (Å²) in [5.41, 5.74) is 3.05. The predicted octanol–water partition coefficient (Wildman–Crippen LogP) is 3.10. The fraction of sp³-hybridized carbons (Fsp3) is 0.333. The highest BCUT2D eigenvalue weighted by Gasteiger charge is 2.21. The lowest BCUT2D eigenvalue weighted by Crippen LogP contribution is -2.21. The van der Waals surface area contributed by atoms with Crippen molar-refractivity contribution in [3.8, 4) is 0 Å². The molecule has 0 bridgehead atoms. The second-order valence-electron chi connectivity index (χ2n) is 4.86. The van der Waals surface area contributed by atoms with Crippen molar-refractivity contribution >= 4 is 23.1 Å². The number of fused-ring (bicyclic) bond motifs is 1. The first kappa shape index (κ1) is 13.3. The van der Waals surface area contributed by atoms with Gasteiger partial charge in [-0.2, -0.15) is 0 Å². The number of aliphatic hydroxyl groups excluding tert-OH is 1. The number of hydrogen-bond acceptors (Lipinski definition) is 4. The van der Waals surface area contributed by atoms with Crippen LogP contribution >= 0.6 is 11.6 Å². The van der Waals surface area contributed by atoms with E-state index in [1.54, 1.807) is 0 Å². The molecule has 3 rings (SSSR count). The Morgan fingerprint density at radius 3 is 2.90 bits per heavy atom. The van der Waals surface area contributed by atoms with Gasteiger partial charge in [0.1, 0.15) is 17.3 Å². The Bertz CT molecular complexity index is 618. The topological polar surface area (TPSA) is 49.3 Å². The number of para-hydroxylation sites is 1. The van der Waals surface area contributed by atoms with Crippen LogP contribution in [0.5, 0.6) is 0 Å². The molecule has 5 heteroatoms. The lowest BCUT2D eigenvalue weighted by molar-refractivity contribution is 0.281. The lowest BCUT2D eigenvalue weighted by atomic mass is 10.1. The summed E-state index contributed by atoms with van der Waals surface area (Å²) in [6.45, 7) is 0.713. The van der Waals surface area contributed by atoms with Crippen LogP contribution < -0.4 is 4.90 Å². The molecule has 1 aromatic heterocycles. The van der Waals surface area contributed by atoms with Crippen LogP contribution in [0.15, 0.2) is 30.6 Å². The molecule has 1 aromatic carbocycles. The largest absolute Gasteiger partial charge is 0.391 e. The van der Waals surface area contributed by atoms with Gasteiger partial charge in [0.2, 0.25) is 0 Å². The van der Waals surface area contributed by atoms with Gasteiger partial charge in [0.25, 0.3) is 0 Å². The van der Waals surface area contributed by atoms with E-state index in [1.807, 2.05) is 6.07 Å². The summed E-state index contributed by atoms with van der Waals surface area (Å²) in [6, 6.07) is 8.33. The third kappa shape index (κ3) is 2.37. The Balaban J connectivity index is 2.12. The average molecular weight is 290 g/mol. The van der Waals surface area contributed by atoms with Crippen molar-refractivity contribution < 1.29 is 5.11 Å². The molecule has 0 aliphatic carbocycles. The maximum Gasteiger partial charge on any atom is 0.143 e. The van der Waals surface area contributed by atoms with Gasteiger partial charge >= 0.3 is 0 Å². The number of aryl methyl sites for hydroxylation is 1. The zero-order chi connectivity index (χ0) is 13.9. The van der Waals surface area contributed by atoms with Crippen molar-refractivity contribution in [2.24, 2.45) is 0 Å². The van der Waals surface area contributed by atoms with Gasteiger partial charge in [0.15, 0.2) is 0 Å². The summed E-state index contributed by atoms with van der Waals surface area (Å²) < 4.78 is 0. The van der Waals surface area contributed by atoms with E-state index < -0.39 is 0 Å². The van der Waals surface area contributed by atoms with Crippen molar-refractivity contribution in [3.63, 3.8) is 0 Å². The quantitative estimate of drug-likeness (QED) is 0.863. The van der Waals surface area contributed by atoms with Crippen LogP contribution in [-0.2, 0) is 13.0 Å².